The molecular formula is C25H30N2O5. The quantitative estimate of drug-likeness (QED) is 0.676. The van der Waals surface area contributed by atoms with E-state index in [2.05, 4.69) is 17.9 Å². The molecule has 1 spiro atoms. The van der Waals surface area contributed by atoms with Crippen molar-refractivity contribution in [2.24, 2.45) is 17.8 Å². The van der Waals surface area contributed by atoms with E-state index < -0.39 is 5.41 Å². The Hall–Kier alpha value is -2.41. The van der Waals surface area contributed by atoms with E-state index in [0.717, 1.165) is 30.5 Å². The van der Waals surface area contributed by atoms with Crippen LogP contribution in [-0.4, -0.2) is 53.2 Å². The predicted molar refractivity (Wildman–Crippen MR) is 116 cm³/mol. The first kappa shape index (κ1) is 20.2. The number of anilines is 1. The van der Waals surface area contributed by atoms with Crippen molar-refractivity contribution in [1.82, 2.24) is 4.90 Å². The Labute approximate surface area is 188 Å². The molecule has 5 heterocycles. The Balaban J connectivity index is 1.58. The minimum absolute atomic E-state index is 0.00264. The van der Waals surface area contributed by atoms with Gasteiger partial charge in [-0.25, -0.2) is 0 Å². The average Bonchev–Trinajstić information content (AvgIpc) is 3.17. The van der Waals surface area contributed by atoms with Crippen LogP contribution in [0.4, 0.5) is 5.69 Å². The first-order valence-corrected chi connectivity index (χ1v) is 11.8. The lowest BCUT2D eigenvalue weighted by atomic mass is 9.62. The van der Waals surface area contributed by atoms with E-state index in [-0.39, 0.29) is 60.1 Å². The first-order valence-electron chi connectivity index (χ1n) is 11.8. The molecule has 1 saturated carbocycles. The van der Waals surface area contributed by atoms with Crippen LogP contribution in [0.1, 0.15) is 52.5 Å². The largest absolute Gasteiger partial charge is 0.461 e. The van der Waals surface area contributed by atoms with Crippen molar-refractivity contribution in [2.45, 2.75) is 82.8 Å². The van der Waals surface area contributed by atoms with Gasteiger partial charge in [0, 0.05) is 50.4 Å². The van der Waals surface area contributed by atoms with Crippen molar-refractivity contribution < 1.29 is 23.9 Å². The molecule has 7 heteroatoms. The molecule has 1 amide bonds. The van der Waals surface area contributed by atoms with Gasteiger partial charge in [-0.1, -0.05) is 25.1 Å². The van der Waals surface area contributed by atoms with Crippen molar-refractivity contribution in [1.29, 1.82) is 0 Å². The van der Waals surface area contributed by atoms with Gasteiger partial charge in [0.25, 0.3) is 0 Å². The summed E-state index contributed by atoms with van der Waals surface area (Å²) in [6, 6.07) is 8.23. The van der Waals surface area contributed by atoms with E-state index in [1.807, 2.05) is 23.1 Å². The van der Waals surface area contributed by atoms with E-state index in [1.54, 1.807) is 6.92 Å². The topological polar surface area (TPSA) is 76.2 Å². The molecule has 1 aliphatic carbocycles. The number of ether oxygens (including phenoxy) is 2. The Kier molecular flexibility index (Phi) is 4.15. The van der Waals surface area contributed by atoms with Crippen molar-refractivity contribution in [3.8, 4) is 0 Å². The summed E-state index contributed by atoms with van der Waals surface area (Å²) in [5.74, 6) is 0.132. The number of amides is 1. The highest BCUT2D eigenvalue weighted by Gasteiger charge is 2.78. The predicted octanol–water partition coefficient (Wildman–Crippen LogP) is 2.61. The van der Waals surface area contributed by atoms with Crippen molar-refractivity contribution in [3.05, 3.63) is 29.8 Å². The second kappa shape index (κ2) is 6.56. The van der Waals surface area contributed by atoms with Crippen LogP contribution in [0.25, 0.3) is 0 Å². The Morgan fingerprint density at radius 2 is 1.78 bits per heavy atom. The zero-order valence-electron chi connectivity index (χ0n) is 19.0. The van der Waals surface area contributed by atoms with Crippen LogP contribution in [0.15, 0.2) is 24.3 Å². The van der Waals surface area contributed by atoms with E-state index in [1.165, 1.54) is 13.8 Å². The highest BCUT2D eigenvalue weighted by atomic mass is 16.6. The van der Waals surface area contributed by atoms with Gasteiger partial charge in [0.2, 0.25) is 5.91 Å². The second-order valence-corrected chi connectivity index (χ2v) is 10.3. The molecule has 5 bridgehead atoms. The molecule has 1 aromatic carbocycles. The molecule has 32 heavy (non-hydrogen) atoms. The lowest BCUT2D eigenvalue weighted by Crippen LogP contribution is -2.73. The molecule has 6 unspecified atom stereocenters. The maximum atomic E-state index is 13.0. The molecule has 0 N–H and O–H groups in total. The molecule has 0 radical (unpaired) electrons. The maximum Gasteiger partial charge on any atom is 0.304 e. The van der Waals surface area contributed by atoms with Crippen LogP contribution in [-0.2, 0) is 29.3 Å². The van der Waals surface area contributed by atoms with Crippen molar-refractivity contribution >= 4 is 23.5 Å². The second-order valence-electron chi connectivity index (χ2n) is 10.3. The molecule has 1 aromatic rings. The highest BCUT2D eigenvalue weighted by Crippen LogP contribution is 2.70. The van der Waals surface area contributed by atoms with Crippen molar-refractivity contribution in [2.75, 3.05) is 4.90 Å². The van der Waals surface area contributed by atoms with Crippen LogP contribution in [0, 0.1) is 17.8 Å². The number of fused-ring (bicyclic) bond motifs is 2. The first-order chi connectivity index (χ1) is 15.3. The van der Waals surface area contributed by atoms with Gasteiger partial charge in [0.05, 0.1) is 11.5 Å². The summed E-state index contributed by atoms with van der Waals surface area (Å²) >= 11 is 0. The van der Waals surface area contributed by atoms with Gasteiger partial charge >= 0.3 is 11.9 Å². The van der Waals surface area contributed by atoms with Crippen LogP contribution in [0.2, 0.25) is 0 Å². The Bertz CT molecular complexity index is 1030. The fraction of sp³-hybridized carbons (Fsp3) is 0.640. The zero-order chi connectivity index (χ0) is 22.5. The monoisotopic (exact) mass is 438 g/mol. The third kappa shape index (κ3) is 2.23. The molecule has 0 aromatic heterocycles. The third-order valence-corrected chi connectivity index (χ3v) is 9.06. The van der Waals surface area contributed by atoms with Gasteiger partial charge < -0.3 is 14.4 Å². The number of carbonyl (C=O) groups excluding carboxylic acids is 3. The van der Waals surface area contributed by atoms with Gasteiger partial charge in [0.1, 0.15) is 6.10 Å². The van der Waals surface area contributed by atoms with Crippen LogP contribution >= 0.6 is 0 Å². The van der Waals surface area contributed by atoms with E-state index in [4.69, 9.17) is 9.47 Å². The van der Waals surface area contributed by atoms with Gasteiger partial charge in [0.15, 0.2) is 6.23 Å². The number of para-hydroxylation sites is 1. The minimum Gasteiger partial charge on any atom is -0.461 e. The number of carbonyl (C=O) groups is 3. The number of piperidine rings is 4. The number of esters is 2. The fourth-order valence-electron chi connectivity index (χ4n) is 8.56. The number of hydrogen-bond acceptors (Lipinski definition) is 6. The third-order valence-electron chi connectivity index (χ3n) is 9.06. The number of nitrogens with zero attached hydrogens (tertiary/aromatic N) is 2. The van der Waals surface area contributed by atoms with Gasteiger partial charge in [-0.05, 0) is 36.8 Å². The standard InChI is InChI=1S/C25H30N2O5/c1-5-15-16-10-19-22-25(17-8-6-7-9-18(17)26(22)12(2)28)11-20(21(16)23(25)31-13(3)29)27(19)24(15)32-14(4)30/h6-9,15-16,19-24H,5,10-11H2,1-4H3/t15?,16?,19?,20?,21-,22?,23-,24-,25-/m1/s1. The van der Waals surface area contributed by atoms with Crippen LogP contribution in [0.3, 0.4) is 0 Å². The number of benzene rings is 1. The van der Waals surface area contributed by atoms with Gasteiger partial charge in [-0.2, -0.15) is 0 Å². The molecule has 10 atom stereocenters. The molecule has 4 saturated heterocycles. The van der Waals surface area contributed by atoms with Crippen LogP contribution < -0.4 is 4.90 Å². The molecule has 170 valence electrons. The maximum absolute atomic E-state index is 13.0. The summed E-state index contributed by atoms with van der Waals surface area (Å²) in [5.41, 5.74) is 1.65. The van der Waals surface area contributed by atoms with E-state index in [0.29, 0.717) is 5.92 Å². The normalized spacial score (nSPS) is 44.2. The Morgan fingerprint density at radius 1 is 1.06 bits per heavy atom. The number of rotatable bonds is 3. The summed E-state index contributed by atoms with van der Waals surface area (Å²) in [6.45, 7) is 6.73. The van der Waals surface area contributed by atoms with Gasteiger partial charge in [-0.15, -0.1) is 0 Å². The van der Waals surface area contributed by atoms with Crippen LogP contribution in [0.5, 0.6) is 0 Å². The molecular weight excluding hydrogens is 408 g/mol. The summed E-state index contributed by atoms with van der Waals surface area (Å²) in [5, 5.41) is 0. The fourth-order valence-corrected chi connectivity index (χ4v) is 8.56. The Morgan fingerprint density at radius 3 is 2.44 bits per heavy atom. The highest BCUT2D eigenvalue weighted by molar-refractivity contribution is 5.96. The summed E-state index contributed by atoms with van der Waals surface area (Å²) in [6.07, 6.45) is 2.07. The lowest BCUT2D eigenvalue weighted by Gasteiger charge is -2.62. The van der Waals surface area contributed by atoms with Gasteiger partial charge in [-0.3, -0.25) is 19.3 Å². The molecule has 5 aliphatic heterocycles. The zero-order valence-corrected chi connectivity index (χ0v) is 19.0. The SMILES string of the molecule is CCC1C2CC3C4N(C(C)=O)c5ccccc5[C@]45CC([C@@H]2[C@H]5OC(C)=O)N3[C@@H]1OC(C)=O. The van der Waals surface area contributed by atoms with E-state index >= 15 is 0 Å². The minimum atomic E-state index is -0.414. The smallest absolute Gasteiger partial charge is 0.304 e. The van der Waals surface area contributed by atoms with E-state index in [9.17, 15) is 14.4 Å². The molecule has 6 aliphatic rings. The average molecular weight is 439 g/mol. The molecule has 7 nitrogen and oxygen atoms in total. The molecule has 7 rings (SSSR count). The summed E-state index contributed by atoms with van der Waals surface area (Å²) in [4.78, 5) is 41.8. The lowest BCUT2D eigenvalue weighted by molar-refractivity contribution is -0.229. The van der Waals surface area contributed by atoms with Crippen molar-refractivity contribution in [3.63, 3.8) is 0 Å². The summed E-state index contributed by atoms with van der Waals surface area (Å²) in [7, 11) is 0. The number of hydrogen-bond donors (Lipinski definition) is 0. The summed E-state index contributed by atoms with van der Waals surface area (Å²) < 4.78 is 12.1. The molecule has 5 fully saturated rings.